The van der Waals surface area contributed by atoms with Crippen LogP contribution in [0.3, 0.4) is 0 Å². The Morgan fingerprint density at radius 1 is 0.955 bits per heavy atom. The molecule has 114 valence electrons. The summed E-state index contributed by atoms with van der Waals surface area (Å²) in [5, 5.41) is 0. The van der Waals surface area contributed by atoms with E-state index in [4.69, 9.17) is 0 Å². The van der Waals surface area contributed by atoms with Crippen LogP contribution in [-0.4, -0.2) is 24.0 Å². The topological polar surface area (TPSA) is 3.24 Å². The number of benzene rings is 2. The fourth-order valence-corrected chi connectivity index (χ4v) is 4.63. The number of likely N-dealkylation sites (tertiary alicyclic amines) is 1. The summed E-state index contributed by atoms with van der Waals surface area (Å²) in [6, 6.07) is 23.0. The summed E-state index contributed by atoms with van der Waals surface area (Å²) in [5.41, 5.74) is 3.47. The summed E-state index contributed by atoms with van der Waals surface area (Å²) in [5.74, 6) is 0. The van der Waals surface area contributed by atoms with Gasteiger partial charge in [-0.25, -0.2) is 0 Å². The van der Waals surface area contributed by atoms with Crippen molar-refractivity contribution in [2.75, 3.05) is 13.1 Å². The van der Waals surface area contributed by atoms with Gasteiger partial charge in [-0.1, -0.05) is 67.1 Å². The maximum absolute atomic E-state index is 2.77. The third kappa shape index (κ3) is 2.59. The SMILES string of the molecule is c1ccc(CCN2CC3(c4ccccc4)CCCC2C3)cc1. The molecule has 22 heavy (non-hydrogen) atoms. The molecule has 4 rings (SSSR count). The number of fused-ring (bicyclic) bond motifs is 2. The second-order valence-electron chi connectivity index (χ2n) is 7.10. The van der Waals surface area contributed by atoms with Crippen LogP contribution >= 0.6 is 0 Å². The van der Waals surface area contributed by atoms with E-state index < -0.39 is 0 Å². The van der Waals surface area contributed by atoms with Gasteiger partial charge in [0.1, 0.15) is 0 Å². The molecule has 1 saturated heterocycles. The lowest BCUT2D eigenvalue weighted by Gasteiger charge is -2.32. The lowest BCUT2D eigenvalue weighted by molar-refractivity contribution is 0.248. The lowest BCUT2D eigenvalue weighted by Crippen LogP contribution is -2.31. The van der Waals surface area contributed by atoms with Gasteiger partial charge >= 0.3 is 0 Å². The number of hydrogen-bond acceptors (Lipinski definition) is 1. The molecular weight excluding hydrogens is 266 g/mol. The number of hydrogen-bond donors (Lipinski definition) is 0. The smallest absolute Gasteiger partial charge is 0.0105 e. The Kier molecular flexibility index (Phi) is 3.75. The van der Waals surface area contributed by atoms with Crippen LogP contribution in [0.15, 0.2) is 60.7 Å². The zero-order chi connectivity index (χ0) is 14.8. The molecule has 1 saturated carbocycles. The molecule has 1 nitrogen and oxygen atoms in total. The fourth-order valence-electron chi connectivity index (χ4n) is 4.63. The highest BCUT2D eigenvalue weighted by molar-refractivity contribution is 5.29. The van der Waals surface area contributed by atoms with E-state index in [0.717, 1.165) is 6.04 Å². The summed E-state index contributed by atoms with van der Waals surface area (Å²) < 4.78 is 0. The summed E-state index contributed by atoms with van der Waals surface area (Å²) in [6.45, 7) is 2.47. The highest BCUT2D eigenvalue weighted by Gasteiger charge is 2.46. The molecule has 2 aromatic rings. The predicted octanol–water partition coefficient (Wildman–Crippen LogP) is 4.43. The summed E-state index contributed by atoms with van der Waals surface area (Å²) >= 11 is 0. The average molecular weight is 291 g/mol. The molecule has 0 spiro atoms. The van der Waals surface area contributed by atoms with Gasteiger partial charge in [-0.15, -0.1) is 0 Å². The van der Waals surface area contributed by atoms with E-state index in [1.54, 1.807) is 5.56 Å². The molecule has 1 heteroatoms. The van der Waals surface area contributed by atoms with Crippen molar-refractivity contribution in [3.8, 4) is 0 Å². The maximum Gasteiger partial charge on any atom is 0.0105 e. The van der Waals surface area contributed by atoms with Crippen molar-refractivity contribution in [2.45, 2.75) is 43.6 Å². The highest BCUT2D eigenvalue weighted by Crippen LogP contribution is 2.47. The van der Waals surface area contributed by atoms with Crippen LogP contribution in [0.25, 0.3) is 0 Å². The number of rotatable bonds is 4. The van der Waals surface area contributed by atoms with E-state index in [-0.39, 0.29) is 0 Å². The van der Waals surface area contributed by atoms with E-state index in [2.05, 4.69) is 65.6 Å². The van der Waals surface area contributed by atoms with Crippen molar-refractivity contribution in [2.24, 2.45) is 0 Å². The molecule has 2 aromatic carbocycles. The Morgan fingerprint density at radius 3 is 2.45 bits per heavy atom. The molecular formula is C21H25N. The highest BCUT2D eigenvalue weighted by atomic mass is 15.2. The Morgan fingerprint density at radius 2 is 1.68 bits per heavy atom. The summed E-state index contributed by atoms with van der Waals surface area (Å²) in [4.78, 5) is 2.77. The van der Waals surface area contributed by atoms with Gasteiger partial charge in [-0.2, -0.15) is 0 Å². The molecule has 0 radical (unpaired) electrons. The van der Waals surface area contributed by atoms with Crippen molar-refractivity contribution in [3.63, 3.8) is 0 Å². The van der Waals surface area contributed by atoms with Crippen LogP contribution < -0.4 is 0 Å². The van der Waals surface area contributed by atoms with E-state index in [9.17, 15) is 0 Å². The second-order valence-corrected chi connectivity index (χ2v) is 7.10. The molecule has 2 unspecified atom stereocenters. The first-order valence-electron chi connectivity index (χ1n) is 8.69. The summed E-state index contributed by atoms with van der Waals surface area (Å²) in [7, 11) is 0. The zero-order valence-corrected chi connectivity index (χ0v) is 13.2. The Balaban J connectivity index is 1.49. The standard InChI is InChI=1S/C21H25N/c1-3-8-18(9-4-1)13-15-22-17-21(14-7-12-20(22)16-21)19-10-5-2-6-11-19/h1-6,8-11,20H,7,12-17H2. The first kappa shape index (κ1) is 14.0. The molecule has 2 aliphatic rings. The first-order valence-corrected chi connectivity index (χ1v) is 8.69. The largest absolute Gasteiger partial charge is 0.299 e. The fraction of sp³-hybridized carbons (Fsp3) is 0.429. The minimum Gasteiger partial charge on any atom is -0.299 e. The molecule has 2 bridgehead atoms. The third-order valence-electron chi connectivity index (χ3n) is 5.76. The summed E-state index contributed by atoms with van der Waals surface area (Å²) in [6.07, 6.45) is 6.70. The van der Waals surface area contributed by atoms with E-state index in [1.165, 1.54) is 50.8 Å². The van der Waals surface area contributed by atoms with Gasteiger partial charge in [0.05, 0.1) is 0 Å². The average Bonchev–Trinajstić information content (AvgIpc) is 2.86. The van der Waals surface area contributed by atoms with Gasteiger partial charge < -0.3 is 0 Å². The van der Waals surface area contributed by atoms with Crippen molar-refractivity contribution in [1.29, 1.82) is 0 Å². The van der Waals surface area contributed by atoms with Gasteiger partial charge in [0.15, 0.2) is 0 Å². The van der Waals surface area contributed by atoms with Gasteiger partial charge in [-0.3, -0.25) is 4.90 Å². The minimum absolute atomic E-state index is 0.431. The predicted molar refractivity (Wildman–Crippen MR) is 92.1 cm³/mol. The van der Waals surface area contributed by atoms with Crippen LogP contribution in [0.4, 0.5) is 0 Å². The van der Waals surface area contributed by atoms with Crippen molar-refractivity contribution in [1.82, 2.24) is 4.90 Å². The van der Waals surface area contributed by atoms with Crippen molar-refractivity contribution >= 4 is 0 Å². The molecule has 0 aromatic heterocycles. The Bertz CT molecular complexity index is 606. The van der Waals surface area contributed by atoms with Crippen molar-refractivity contribution in [3.05, 3.63) is 71.8 Å². The van der Waals surface area contributed by atoms with Crippen LogP contribution in [-0.2, 0) is 11.8 Å². The first-order chi connectivity index (χ1) is 10.9. The molecule has 0 N–H and O–H groups in total. The molecule has 0 amide bonds. The Labute approximate surface area is 134 Å². The van der Waals surface area contributed by atoms with Crippen LogP contribution in [0.5, 0.6) is 0 Å². The molecule has 1 aliphatic carbocycles. The molecule has 1 heterocycles. The van der Waals surface area contributed by atoms with E-state index in [0.29, 0.717) is 5.41 Å². The molecule has 2 fully saturated rings. The van der Waals surface area contributed by atoms with Crippen molar-refractivity contribution < 1.29 is 0 Å². The van der Waals surface area contributed by atoms with Crippen LogP contribution in [0.2, 0.25) is 0 Å². The maximum atomic E-state index is 2.77. The van der Waals surface area contributed by atoms with E-state index >= 15 is 0 Å². The zero-order valence-electron chi connectivity index (χ0n) is 13.2. The normalized spacial score (nSPS) is 27.9. The van der Waals surface area contributed by atoms with Gasteiger partial charge in [0.25, 0.3) is 0 Å². The number of nitrogens with zero attached hydrogens (tertiary/aromatic N) is 1. The lowest BCUT2D eigenvalue weighted by atomic mass is 9.71. The van der Waals surface area contributed by atoms with Crippen LogP contribution in [0, 0.1) is 0 Å². The minimum atomic E-state index is 0.431. The molecule has 2 atom stereocenters. The quantitative estimate of drug-likeness (QED) is 0.805. The van der Waals surface area contributed by atoms with Gasteiger partial charge in [-0.05, 0) is 36.8 Å². The van der Waals surface area contributed by atoms with Gasteiger partial charge in [0.2, 0.25) is 0 Å². The van der Waals surface area contributed by atoms with Crippen LogP contribution in [0.1, 0.15) is 36.8 Å². The monoisotopic (exact) mass is 291 g/mol. The second kappa shape index (κ2) is 5.89. The third-order valence-corrected chi connectivity index (χ3v) is 5.76. The van der Waals surface area contributed by atoms with E-state index in [1.807, 2.05) is 0 Å². The Hall–Kier alpha value is -1.60. The van der Waals surface area contributed by atoms with Gasteiger partial charge in [0, 0.05) is 24.5 Å². The molecule has 1 aliphatic heterocycles.